The van der Waals surface area contributed by atoms with Crippen LogP contribution in [0.2, 0.25) is 0 Å². The highest BCUT2D eigenvalue weighted by atomic mass is 15.0. The summed E-state index contributed by atoms with van der Waals surface area (Å²) in [6.45, 7) is 4.64. The minimum atomic E-state index is 0.0948. The van der Waals surface area contributed by atoms with E-state index in [-0.39, 0.29) is 10.8 Å². The van der Waals surface area contributed by atoms with Gasteiger partial charge in [-0.25, -0.2) is 9.97 Å². The largest absolute Gasteiger partial charge is 0.249 e. The normalized spacial score (nSPS) is 32.4. The van der Waals surface area contributed by atoms with E-state index < -0.39 is 0 Å². The zero-order chi connectivity index (χ0) is 17.5. The summed E-state index contributed by atoms with van der Waals surface area (Å²) in [4.78, 5) is 10.5. The third-order valence-electron chi connectivity index (χ3n) is 7.38. The quantitative estimate of drug-likeness (QED) is 0.627. The Kier molecular flexibility index (Phi) is 2.71. The first-order valence-electron chi connectivity index (χ1n) is 10.2. The van der Waals surface area contributed by atoms with E-state index in [1.165, 1.54) is 37.1 Å². The van der Waals surface area contributed by atoms with Crippen LogP contribution in [0, 0.1) is 5.92 Å². The number of aromatic nitrogens is 2. The van der Waals surface area contributed by atoms with E-state index in [1.54, 1.807) is 11.1 Å². The monoisotopic (exact) mass is 340 g/mol. The molecule has 1 aromatic heterocycles. The summed E-state index contributed by atoms with van der Waals surface area (Å²) in [6, 6.07) is 17.6. The molecule has 1 heterocycles. The van der Waals surface area contributed by atoms with Crippen molar-refractivity contribution < 1.29 is 0 Å². The fourth-order valence-corrected chi connectivity index (χ4v) is 6.81. The van der Waals surface area contributed by atoms with Gasteiger partial charge >= 0.3 is 0 Å². The van der Waals surface area contributed by atoms with E-state index >= 15 is 0 Å². The molecule has 1 saturated carbocycles. The molecule has 4 unspecified atom stereocenters. The molecule has 2 heteroatoms. The van der Waals surface area contributed by atoms with Gasteiger partial charge in [0.15, 0.2) is 0 Å². The van der Waals surface area contributed by atoms with Crippen LogP contribution < -0.4 is 0 Å². The summed E-state index contributed by atoms with van der Waals surface area (Å²) in [5.74, 6) is 1.34. The first kappa shape index (κ1) is 14.9. The Hall–Kier alpha value is -2.22. The van der Waals surface area contributed by atoms with Gasteiger partial charge in [-0.1, -0.05) is 63.1 Å². The predicted octanol–water partition coefficient (Wildman–Crippen LogP) is 5.49. The summed E-state index contributed by atoms with van der Waals surface area (Å²) in [5.41, 5.74) is 8.22. The highest BCUT2D eigenvalue weighted by Crippen LogP contribution is 2.84. The van der Waals surface area contributed by atoms with E-state index in [1.807, 2.05) is 0 Å². The highest BCUT2D eigenvalue weighted by molar-refractivity contribution is 5.78. The summed E-state index contributed by atoms with van der Waals surface area (Å²) >= 11 is 0. The first-order valence-corrected chi connectivity index (χ1v) is 10.2. The van der Waals surface area contributed by atoms with Gasteiger partial charge in [-0.15, -0.1) is 0 Å². The Morgan fingerprint density at radius 3 is 2.19 bits per heavy atom. The lowest BCUT2D eigenvalue weighted by atomic mass is 9.73. The molecular formula is C24H24N2. The van der Waals surface area contributed by atoms with E-state index in [4.69, 9.17) is 9.97 Å². The van der Waals surface area contributed by atoms with Gasteiger partial charge in [0.2, 0.25) is 0 Å². The number of hydrogen-bond acceptors (Lipinski definition) is 2. The van der Waals surface area contributed by atoms with Crippen LogP contribution in [0.1, 0.15) is 68.0 Å². The highest BCUT2D eigenvalue weighted by Gasteiger charge is 2.82. The molecule has 0 radical (unpaired) electrons. The van der Waals surface area contributed by atoms with Crippen molar-refractivity contribution in [1.82, 2.24) is 9.97 Å². The maximum atomic E-state index is 5.27. The molecule has 3 aliphatic carbocycles. The standard InChI is InChI=1S/C24H24N2/c1-3-13-23-16-10-6-5-9-15(16)19-20(23)24(19,14-4-2)22-21(23)25-17-11-7-8-12-18(17)26-22/h5-12,19-20H,3-4,13-14H2,1-2H3. The summed E-state index contributed by atoms with van der Waals surface area (Å²) in [7, 11) is 0. The molecule has 0 N–H and O–H groups in total. The Labute approximate surface area is 154 Å². The number of nitrogens with zero attached hydrogens (tertiary/aromatic N) is 2. The smallest absolute Gasteiger partial charge is 0.0890 e. The van der Waals surface area contributed by atoms with Gasteiger partial charge in [-0.3, -0.25) is 0 Å². The van der Waals surface area contributed by atoms with Crippen molar-refractivity contribution in [2.75, 3.05) is 0 Å². The van der Waals surface area contributed by atoms with Crippen LogP contribution in [0.25, 0.3) is 11.0 Å². The number of fused-ring (bicyclic) bond motifs is 8. The zero-order valence-corrected chi connectivity index (χ0v) is 15.5. The lowest BCUT2D eigenvalue weighted by Gasteiger charge is -2.30. The van der Waals surface area contributed by atoms with Crippen LogP contribution >= 0.6 is 0 Å². The van der Waals surface area contributed by atoms with E-state index in [0.29, 0.717) is 11.8 Å². The number of hydrogen-bond donors (Lipinski definition) is 0. The van der Waals surface area contributed by atoms with Crippen LogP contribution in [0.3, 0.4) is 0 Å². The van der Waals surface area contributed by atoms with Gasteiger partial charge in [-0.05, 0) is 42.0 Å². The van der Waals surface area contributed by atoms with Crippen LogP contribution in [0.5, 0.6) is 0 Å². The number of benzene rings is 2. The fraction of sp³-hybridized carbons (Fsp3) is 0.417. The zero-order valence-electron chi connectivity index (χ0n) is 15.5. The summed E-state index contributed by atoms with van der Waals surface area (Å²) < 4.78 is 0. The lowest BCUT2D eigenvalue weighted by molar-refractivity contribution is 0.399. The molecule has 26 heavy (non-hydrogen) atoms. The molecule has 3 aliphatic rings. The van der Waals surface area contributed by atoms with Crippen LogP contribution in [-0.4, -0.2) is 9.97 Å². The van der Waals surface area contributed by atoms with Crippen molar-refractivity contribution >= 4 is 11.0 Å². The van der Waals surface area contributed by atoms with Crippen molar-refractivity contribution in [3.63, 3.8) is 0 Å². The molecule has 1 fully saturated rings. The Morgan fingerprint density at radius 1 is 0.808 bits per heavy atom. The molecule has 2 nitrogen and oxygen atoms in total. The van der Waals surface area contributed by atoms with Gasteiger partial charge in [0.25, 0.3) is 0 Å². The molecule has 0 aliphatic heterocycles. The van der Waals surface area contributed by atoms with Crippen LogP contribution in [0.15, 0.2) is 48.5 Å². The lowest BCUT2D eigenvalue weighted by Crippen LogP contribution is -2.28. The Balaban J connectivity index is 1.73. The van der Waals surface area contributed by atoms with Crippen molar-refractivity contribution in [3.8, 4) is 0 Å². The SMILES string of the molecule is CCCC12c3ccccc3C3C1C3(CCC)c1nc3ccccc3nc12. The number of rotatable bonds is 4. The van der Waals surface area contributed by atoms with Gasteiger partial charge in [0, 0.05) is 16.7 Å². The van der Waals surface area contributed by atoms with Crippen molar-refractivity contribution in [1.29, 1.82) is 0 Å². The second-order valence-electron chi connectivity index (χ2n) is 8.46. The topological polar surface area (TPSA) is 25.8 Å². The maximum absolute atomic E-state index is 5.27. The molecule has 4 atom stereocenters. The minimum Gasteiger partial charge on any atom is -0.249 e. The molecule has 0 spiro atoms. The third-order valence-corrected chi connectivity index (χ3v) is 7.38. The second kappa shape index (κ2) is 4.73. The second-order valence-corrected chi connectivity index (χ2v) is 8.46. The average molecular weight is 340 g/mol. The van der Waals surface area contributed by atoms with E-state index in [9.17, 15) is 0 Å². The van der Waals surface area contributed by atoms with Crippen molar-refractivity contribution in [2.24, 2.45) is 5.92 Å². The van der Waals surface area contributed by atoms with Crippen LogP contribution in [0.4, 0.5) is 0 Å². The fourth-order valence-electron chi connectivity index (χ4n) is 6.81. The van der Waals surface area contributed by atoms with Gasteiger partial charge < -0.3 is 0 Å². The molecule has 6 rings (SSSR count). The molecular weight excluding hydrogens is 316 g/mol. The van der Waals surface area contributed by atoms with Crippen molar-refractivity contribution in [3.05, 3.63) is 71.0 Å². The molecule has 2 aromatic carbocycles. The third kappa shape index (κ3) is 1.41. The number of para-hydroxylation sites is 2. The summed E-state index contributed by atoms with van der Waals surface area (Å²) in [6.07, 6.45) is 4.83. The Bertz CT molecular complexity index is 1060. The average Bonchev–Trinajstić information content (AvgIpc) is 3.18. The van der Waals surface area contributed by atoms with Crippen LogP contribution in [-0.2, 0) is 10.8 Å². The van der Waals surface area contributed by atoms with Gasteiger partial charge in [0.05, 0.1) is 22.4 Å². The molecule has 0 saturated heterocycles. The van der Waals surface area contributed by atoms with Gasteiger partial charge in [-0.2, -0.15) is 0 Å². The molecule has 130 valence electrons. The van der Waals surface area contributed by atoms with E-state index in [2.05, 4.69) is 62.4 Å². The summed E-state index contributed by atoms with van der Waals surface area (Å²) in [5, 5.41) is 0. The molecule has 3 aromatic rings. The minimum absolute atomic E-state index is 0.0948. The van der Waals surface area contributed by atoms with Crippen molar-refractivity contribution in [2.45, 2.75) is 56.3 Å². The maximum Gasteiger partial charge on any atom is 0.0890 e. The predicted molar refractivity (Wildman–Crippen MR) is 104 cm³/mol. The van der Waals surface area contributed by atoms with Gasteiger partial charge in [0.1, 0.15) is 0 Å². The molecule has 0 amide bonds. The van der Waals surface area contributed by atoms with E-state index in [0.717, 1.165) is 11.0 Å². The Morgan fingerprint density at radius 2 is 1.46 bits per heavy atom. The first-order chi connectivity index (χ1) is 12.8. The molecule has 0 bridgehead atoms.